The van der Waals surface area contributed by atoms with Gasteiger partial charge in [-0.3, -0.25) is 0 Å². The largest absolute Gasteiger partial charge is 0.335 e. The van der Waals surface area contributed by atoms with E-state index in [9.17, 15) is 0 Å². The zero-order chi connectivity index (χ0) is 56.1. The Balaban J connectivity index is 1.10. The molecule has 0 amide bonds. The highest BCUT2D eigenvalue weighted by atomic mass is 32.1. The van der Waals surface area contributed by atoms with Crippen molar-refractivity contribution in [2.45, 2.75) is 180 Å². The zero-order valence-electron chi connectivity index (χ0n) is 50.4. The van der Waals surface area contributed by atoms with E-state index < -0.39 is 0 Å². The van der Waals surface area contributed by atoms with Crippen LogP contribution < -0.4 is 31.1 Å². The van der Waals surface area contributed by atoms with Crippen LogP contribution >= 0.6 is 11.3 Å². The summed E-state index contributed by atoms with van der Waals surface area (Å²) in [4.78, 5) is 8.65. The van der Waals surface area contributed by atoms with E-state index in [4.69, 9.17) is 0 Å². The standard InChI is InChI=1S/C76H80BN3S/c1-70(2,3)50-29-32-61(54(39-50)48-26-18-15-19-27-48)78-63-46-67-56(55-40-51(71(4,5)6)30-33-66(55)81-67)45-59(63)77-60-42-52(72(7,8)9)41-58-69(60)80(76(13)37-23-21-35-74(58,76)11)65-44-53(43-64(78)68(65)77)79-62-31-28-49(47-24-16-14-17-25-47)38-57(62)73(10)34-20-22-36-75(73,79)12/h14-19,24-33,38-46H,20-23,34-37H2,1-13H3. The first-order chi connectivity index (χ1) is 38.5. The van der Waals surface area contributed by atoms with Crippen LogP contribution in [0.25, 0.3) is 42.4 Å². The van der Waals surface area contributed by atoms with Crippen molar-refractivity contribution in [1.29, 1.82) is 0 Å². The van der Waals surface area contributed by atoms with Crippen LogP contribution in [-0.2, 0) is 27.1 Å². The molecule has 8 aromatic carbocycles. The maximum atomic E-state index is 2.98. The van der Waals surface area contributed by atoms with Gasteiger partial charge in [0.25, 0.3) is 6.71 Å². The number of rotatable bonds is 4. The van der Waals surface area contributed by atoms with Gasteiger partial charge < -0.3 is 14.7 Å². The summed E-state index contributed by atoms with van der Waals surface area (Å²) in [7, 11) is 0. The second-order valence-corrected chi connectivity index (χ2v) is 30.7. The van der Waals surface area contributed by atoms with E-state index in [0.29, 0.717) is 0 Å². The van der Waals surface area contributed by atoms with Gasteiger partial charge in [0.05, 0.1) is 16.8 Å². The molecule has 4 aliphatic heterocycles. The zero-order valence-corrected chi connectivity index (χ0v) is 51.2. The van der Waals surface area contributed by atoms with Crippen molar-refractivity contribution >= 4 is 94.4 Å². The van der Waals surface area contributed by atoms with Gasteiger partial charge in [-0.15, -0.1) is 11.3 Å². The number of fused-ring (bicyclic) bond motifs is 13. The Morgan fingerprint density at radius 2 is 1.00 bits per heavy atom. The maximum absolute atomic E-state index is 2.98. The quantitative estimate of drug-likeness (QED) is 0.163. The van der Waals surface area contributed by atoms with Crippen LogP contribution in [0.4, 0.5) is 39.8 Å². The first-order valence-corrected chi connectivity index (χ1v) is 31.5. The van der Waals surface area contributed by atoms with Gasteiger partial charge in [-0.2, -0.15) is 0 Å². The summed E-state index contributed by atoms with van der Waals surface area (Å²) in [5.41, 5.74) is 25.7. The third kappa shape index (κ3) is 7.06. The van der Waals surface area contributed by atoms with Gasteiger partial charge in [-0.1, -0.05) is 199 Å². The molecule has 4 atom stereocenters. The molecule has 1 aromatic heterocycles. The minimum atomic E-state index is -0.160. The first kappa shape index (κ1) is 51.3. The van der Waals surface area contributed by atoms with Crippen molar-refractivity contribution < 1.29 is 0 Å². The molecule has 81 heavy (non-hydrogen) atoms. The highest BCUT2D eigenvalue weighted by Gasteiger charge is 2.63. The third-order valence-corrected chi connectivity index (χ3v) is 23.1. The summed E-state index contributed by atoms with van der Waals surface area (Å²) in [6.07, 6.45) is 9.60. The van der Waals surface area contributed by atoms with Crippen LogP contribution in [0.5, 0.6) is 0 Å². The van der Waals surface area contributed by atoms with Crippen LogP contribution in [0, 0.1) is 0 Å². The fraction of sp³-hybridized carbons (Fsp3) is 0.368. The summed E-state index contributed by atoms with van der Waals surface area (Å²) >= 11 is 1.96. The van der Waals surface area contributed by atoms with Crippen molar-refractivity contribution in [2.24, 2.45) is 0 Å². The normalized spacial score (nSPS) is 23.6. The van der Waals surface area contributed by atoms with E-state index >= 15 is 0 Å². The van der Waals surface area contributed by atoms with E-state index in [-0.39, 0.29) is 44.9 Å². The van der Waals surface area contributed by atoms with E-state index in [1.165, 1.54) is 159 Å². The Labute approximate surface area is 487 Å². The molecule has 0 spiro atoms. The summed E-state index contributed by atoms with van der Waals surface area (Å²) in [6.45, 7) is 32.1. The smallest absolute Gasteiger partial charge is 0.252 e. The topological polar surface area (TPSA) is 9.72 Å². The first-order valence-electron chi connectivity index (χ1n) is 30.7. The molecule has 2 saturated carbocycles. The summed E-state index contributed by atoms with van der Waals surface area (Å²) < 4.78 is 2.70. The summed E-state index contributed by atoms with van der Waals surface area (Å²) in [5, 5.41) is 2.75. The highest BCUT2D eigenvalue weighted by Crippen LogP contribution is 2.65. The Kier molecular flexibility index (Phi) is 10.8. The molecule has 9 aromatic rings. The van der Waals surface area contributed by atoms with Crippen LogP contribution in [0.3, 0.4) is 0 Å². The Morgan fingerprint density at radius 3 is 1.68 bits per heavy atom. The fourth-order valence-corrected chi connectivity index (χ4v) is 18.0. The van der Waals surface area contributed by atoms with E-state index in [1.807, 2.05) is 11.3 Å². The molecule has 0 saturated heterocycles. The lowest BCUT2D eigenvalue weighted by Crippen LogP contribution is -2.64. The van der Waals surface area contributed by atoms with E-state index in [2.05, 4.69) is 256 Å². The molecule has 15 rings (SSSR count). The Bertz CT molecular complexity index is 4110. The number of thiophene rings is 1. The van der Waals surface area contributed by atoms with Crippen molar-refractivity contribution in [3.05, 3.63) is 179 Å². The van der Waals surface area contributed by atoms with Crippen molar-refractivity contribution in [2.75, 3.05) is 14.7 Å². The molecule has 5 heteroatoms. The minimum Gasteiger partial charge on any atom is -0.335 e. The number of hydrogen-bond donors (Lipinski definition) is 0. The Morgan fingerprint density at radius 1 is 0.420 bits per heavy atom. The van der Waals surface area contributed by atoms with Crippen LogP contribution in [0.2, 0.25) is 0 Å². The molecule has 0 bridgehead atoms. The number of hydrogen-bond acceptors (Lipinski definition) is 4. The molecule has 0 radical (unpaired) electrons. The van der Waals surface area contributed by atoms with Crippen LogP contribution in [-0.4, -0.2) is 17.8 Å². The van der Waals surface area contributed by atoms with Gasteiger partial charge in [-0.25, -0.2) is 0 Å². The van der Waals surface area contributed by atoms with Gasteiger partial charge in [-0.05, 0) is 177 Å². The molecule has 408 valence electrons. The lowest BCUT2D eigenvalue weighted by molar-refractivity contribution is 0.194. The number of anilines is 7. The molecule has 2 fully saturated rings. The molecular formula is C76H80BN3S. The SMILES string of the molecule is CC(C)(C)c1ccc(N2c3cc4sc5ccc(C(C)(C)C)cc5c4cc3B3c4cc(C(C)(C)C)cc5c4N(c4cc(N6c7ccc(-c8ccccc8)cc7C7(C)CCCCC67C)cc2c43)C2(C)CCCCC52C)c(-c2ccccc2)c1. The van der Waals surface area contributed by atoms with Gasteiger partial charge in [0.15, 0.2) is 0 Å². The minimum absolute atomic E-state index is 0.00366. The van der Waals surface area contributed by atoms with Crippen molar-refractivity contribution in [1.82, 2.24) is 0 Å². The monoisotopic (exact) mass is 1080 g/mol. The summed E-state index contributed by atoms with van der Waals surface area (Å²) in [5.74, 6) is 0. The average molecular weight is 1080 g/mol. The van der Waals surface area contributed by atoms with Gasteiger partial charge in [0.2, 0.25) is 0 Å². The van der Waals surface area contributed by atoms with E-state index in [1.54, 1.807) is 5.56 Å². The average Bonchev–Trinajstić information content (AvgIpc) is 1.72. The second-order valence-electron chi connectivity index (χ2n) is 29.6. The molecule has 6 aliphatic rings. The second kappa shape index (κ2) is 17.0. The Hall–Kier alpha value is -6.56. The number of nitrogens with zero attached hydrogens (tertiary/aromatic N) is 3. The lowest BCUT2D eigenvalue weighted by Gasteiger charge is -2.54. The highest BCUT2D eigenvalue weighted by molar-refractivity contribution is 7.26. The van der Waals surface area contributed by atoms with Crippen molar-refractivity contribution in [3.63, 3.8) is 0 Å². The molecule has 3 nitrogen and oxygen atoms in total. The predicted molar refractivity (Wildman–Crippen MR) is 351 cm³/mol. The van der Waals surface area contributed by atoms with Crippen molar-refractivity contribution in [3.8, 4) is 22.3 Å². The van der Waals surface area contributed by atoms with Gasteiger partial charge >= 0.3 is 0 Å². The lowest BCUT2D eigenvalue weighted by atomic mass is 9.33. The molecule has 0 N–H and O–H groups in total. The predicted octanol–water partition coefficient (Wildman–Crippen LogP) is 19.4. The van der Waals surface area contributed by atoms with E-state index in [0.717, 1.165) is 12.8 Å². The molecule has 4 unspecified atom stereocenters. The summed E-state index contributed by atoms with van der Waals surface area (Å²) in [6, 6.07) is 60.8. The van der Waals surface area contributed by atoms with Crippen LogP contribution in [0.1, 0.15) is 169 Å². The molecule has 5 heterocycles. The maximum Gasteiger partial charge on any atom is 0.252 e. The fourth-order valence-electron chi connectivity index (χ4n) is 16.9. The molecule has 2 aliphatic carbocycles. The molecular weight excluding hydrogens is 998 g/mol. The van der Waals surface area contributed by atoms with Crippen LogP contribution in [0.15, 0.2) is 152 Å². The number of benzene rings is 8. The van der Waals surface area contributed by atoms with Gasteiger partial charge in [0, 0.05) is 65.3 Å². The third-order valence-electron chi connectivity index (χ3n) is 22.0. The van der Waals surface area contributed by atoms with Gasteiger partial charge in [0.1, 0.15) is 0 Å².